The Balaban J connectivity index is 2.50. The Morgan fingerprint density at radius 2 is 2.45 bits per heavy atom. The number of aromatic nitrogens is 2. The monoisotopic (exact) mass is 152 g/mol. The van der Waals surface area contributed by atoms with Gasteiger partial charge in [0.25, 0.3) is 0 Å². The highest BCUT2D eigenvalue weighted by molar-refractivity contribution is 5.48. The summed E-state index contributed by atoms with van der Waals surface area (Å²) >= 11 is 0. The van der Waals surface area contributed by atoms with Gasteiger partial charge in [-0.05, 0) is 19.0 Å². The standard InChI is InChI=1S/C7H12N4/c8-4-2-1-3-6-5-7(9)11-10-6/h1,3,5H,2,4,8H2,(H3,9,10,11). The van der Waals surface area contributed by atoms with E-state index in [-0.39, 0.29) is 0 Å². The molecule has 11 heavy (non-hydrogen) atoms. The van der Waals surface area contributed by atoms with Gasteiger partial charge in [-0.2, -0.15) is 5.10 Å². The molecule has 1 rings (SSSR count). The summed E-state index contributed by atoms with van der Waals surface area (Å²) in [6.45, 7) is 0.667. The van der Waals surface area contributed by atoms with E-state index in [0.29, 0.717) is 12.4 Å². The molecule has 0 aliphatic heterocycles. The average Bonchev–Trinajstić information content (AvgIpc) is 2.37. The van der Waals surface area contributed by atoms with E-state index in [9.17, 15) is 0 Å². The molecule has 0 fully saturated rings. The molecule has 0 saturated carbocycles. The van der Waals surface area contributed by atoms with Gasteiger partial charge in [-0.25, -0.2) is 0 Å². The number of hydrogen-bond donors (Lipinski definition) is 3. The van der Waals surface area contributed by atoms with Crippen molar-refractivity contribution in [1.29, 1.82) is 0 Å². The molecule has 1 aromatic heterocycles. The van der Waals surface area contributed by atoms with Crippen LogP contribution in [-0.2, 0) is 0 Å². The summed E-state index contributed by atoms with van der Waals surface area (Å²) in [5, 5.41) is 6.53. The topological polar surface area (TPSA) is 80.7 Å². The number of H-pyrrole nitrogens is 1. The van der Waals surface area contributed by atoms with Crippen molar-refractivity contribution in [2.45, 2.75) is 6.42 Å². The number of hydrogen-bond acceptors (Lipinski definition) is 3. The molecule has 0 saturated heterocycles. The summed E-state index contributed by atoms with van der Waals surface area (Å²) in [4.78, 5) is 0. The number of nitrogens with two attached hydrogens (primary N) is 2. The smallest absolute Gasteiger partial charge is 0.145 e. The van der Waals surface area contributed by atoms with Crippen LogP contribution in [0.1, 0.15) is 12.1 Å². The third-order valence-corrected chi connectivity index (χ3v) is 1.25. The Hall–Kier alpha value is -1.29. The van der Waals surface area contributed by atoms with Gasteiger partial charge in [0.15, 0.2) is 0 Å². The molecule has 0 amide bonds. The summed E-state index contributed by atoms with van der Waals surface area (Å²) in [6, 6.07) is 1.77. The summed E-state index contributed by atoms with van der Waals surface area (Å²) in [7, 11) is 0. The van der Waals surface area contributed by atoms with E-state index in [1.165, 1.54) is 0 Å². The van der Waals surface area contributed by atoms with Crippen LogP contribution in [0.15, 0.2) is 12.1 Å². The average molecular weight is 152 g/mol. The number of aromatic amines is 1. The molecule has 0 radical (unpaired) electrons. The molecule has 4 nitrogen and oxygen atoms in total. The molecule has 0 aliphatic carbocycles. The maximum absolute atomic E-state index is 5.38. The first-order valence-electron chi connectivity index (χ1n) is 3.50. The van der Waals surface area contributed by atoms with Crippen molar-refractivity contribution in [3.8, 4) is 0 Å². The summed E-state index contributed by atoms with van der Waals surface area (Å²) in [6.07, 6.45) is 4.77. The van der Waals surface area contributed by atoms with E-state index in [2.05, 4.69) is 10.2 Å². The van der Waals surface area contributed by atoms with Crippen LogP contribution in [0.25, 0.3) is 6.08 Å². The van der Waals surface area contributed by atoms with Gasteiger partial charge in [0.05, 0.1) is 5.69 Å². The largest absolute Gasteiger partial charge is 0.382 e. The normalized spacial score (nSPS) is 11.0. The number of nitrogen functional groups attached to an aromatic ring is 1. The van der Waals surface area contributed by atoms with Gasteiger partial charge in [0.2, 0.25) is 0 Å². The fourth-order valence-electron chi connectivity index (χ4n) is 0.745. The fraction of sp³-hybridized carbons (Fsp3) is 0.286. The van der Waals surface area contributed by atoms with Gasteiger partial charge >= 0.3 is 0 Å². The van der Waals surface area contributed by atoms with Crippen LogP contribution in [-0.4, -0.2) is 16.7 Å². The maximum Gasteiger partial charge on any atom is 0.145 e. The molecule has 0 aromatic carbocycles. The summed E-state index contributed by atoms with van der Waals surface area (Å²) in [5.74, 6) is 0.511. The van der Waals surface area contributed by atoms with Crippen molar-refractivity contribution in [2.75, 3.05) is 12.3 Å². The van der Waals surface area contributed by atoms with Gasteiger partial charge in [-0.1, -0.05) is 6.08 Å². The van der Waals surface area contributed by atoms with Crippen molar-refractivity contribution in [3.63, 3.8) is 0 Å². The number of anilines is 1. The molecule has 0 spiro atoms. The van der Waals surface area contributed by atoms with Gasteiger partial charge in [-0.3, -0.25) is 5.10 Å². The molecular formula is C7H12N4. The van der Waals surface area contributed by atoms with E-state index < -0.39 is 0 Å². The Kier molecular flexibility index (Phi) is 2.68. The Morgan fingerprint density at radius 1 is 1.64 bits per heavy atom. The van der Waals surface area contributed by atoms with Crippen LogP contribution in [0, 0.1) is 0 Å². The second kappa shape index (κ2) is 3.78. The number of rotatable bonds is 3. The molecule has 5 N–H and O–H groups in total. The zero-order valence-electron chi connectivity index (χ0n) is 6.25. The molecule has 60 valence electrons. The van der Waals surface area contributed by atoms with Crippen LogP contribution in [0.3, 0.4) is 0 Å². The first-order chi connectivity index (χ1) is 5.33. The van der Waals surface area contributed by atoms with Crippen molar-refractivity contribution < 1.29 is 0 Å². The molecule has 1 aromatic rings. The lowest BCUT2D eigenvalue weighted by molar-refractivity contribution is 1.01. The Bertz CT molecular complexity index is 238. The van der Waals surface area contributed by atoms with Gasteiger partial charge < -0.3 is 11.5 Å². The predicted molar refractivity (Wildman–Crippen MR) is 45.7 cm³/mol. The third kappa shape index (κ3) is 2.43. The maximum atomic E-state index is 5.38. The van der Waals surface area contributed by atoms with E-state index in [4.69, 9.17) is 11.5 Å². The molecule has 0 bridgehead atoms. The van der Waals surface area contributed by atoms with Gasteiger partial charge in [0, 0.05) is 6.07 Å². The van der Waals surface area contributed by atoms with Gasteiger partial charge in [0.1, 0.15) is 5.82 Å². The predicted octanol–water partition coefficient (Wildman–Crippen LogP) is 0.354. The highest BCUT2D eigenvalue weighted by Gasteiger charge is 1.89. The van der Waals surface area contributed by atoms with Crippen LogP contribution in [0.5, 0.6) is 0 Å². The third-order valence-electron chi connectivity index (χ3n) is 1.25. The highest BCUT2D eigenvalue weighted by atomic mass is 15.1. The molecule has 0 unspecified atom stereocenters. The SMILES string of the molecule is NCCC=Cc1cc(N)n[nH]1. The minimum Gasteiger partial charge on any atom is -0.382 e. The van der Waals surface area contributed by atoms with Crippen molar-refractivity contribution in [2.24, 2.45) is 5.73 Å². The lowest BCUT2D eigenvalue weighted by Crippen LogP contribution is -1.94. The summed E-state index contributed by atoms with van der Waals surface area (Å²) < 4.78 is 0. The van der Waals surface area contributed by atoms with Gasteiger partial charge in [-0.15, -0.1) is 0 Å². The Labute approximate surface area is 65.3 Å². The first-order valence-corrected chi connectivity index (χ1v) is 3.50. The van der Waals surface area contributed by atoms with E-state index in [0.717, 1.165) is 12.1 Å². The quantitative estimate of drug-likeness (QED) is 0.584. The number of nitrogens with one attached hydrogen (secondary N) is 1. The van der Waals surface area contributed by atoms with Crippen LogP contribution >= 0.6 is 0 Å². The second-order valence-electron chi connectivity index (χ2n) is 2.23. The molecular weight excluding hydrogens is 140 g/mol. The van der Waals surface area contributed by atoms with Crippen molar-refractivity contribution in [3.05, 3.63) is 17.8 Å². The van der Waals surface area contributed by atoms with Crippen molar-refractivity contribution >= 4 is 11.9 Å². The fourth-order valence-corrected chi connectivity index (χ4v) is 0.745. The number of nitrogens with zero attached hydrogens (tertiary/aromatic N) is 1. The molecule has 0 aliphatic rings. The first kappa shape index (κ1) is 7.81. The van der Waals surface area contributed by atoms with Crippen LogP contribution in [0.4, 0.5) is 5.82 Å². The summed E-state index contributed by atoms with van der Waals surface area (Å²) in [5.41, 5.74) is 11.6. The van der Waals surface area contributed by atoms with E-state index in [1.54, 1.807) is 6.07 Å². The zero-order chi connectivity index (χ0) is 8.10. The van der Waals surface area contributed by atoms with E-state index in [1.807, 2.05) is 12.2 Å². The Morgan fingerprint density at radius 3 is 3.00 bits per heavy atom. The minimum absolute atomic E-state index is 0.511. The van der Waals surface area contributed by atoms with Crippen molar-refractivity contribution in [1.82, 2.24) is 10.2 Å². The van der Waals surface area contributed by atoms with E-state index >= 15 is 0 Å². The second-order valence-corrected chi connectivity index (χ2v) is 2.23. The lowest BCUT2D eigenvalue weighted by atomic mass is 10.3. The minimum atomic E-state index is 0.511. The van der Waals surface area contributed by atoms with Crippen LogP contribution in [0.2, 0.25) is 0 Å². The van der Waals surface area contributed by atoms with Crippen LogP contribution < -0.4 is 11.5 Å². The molecule has 4 heteroatoms. The highest BCUT2D eigenvalue weighted by Crippen LogP contribution is 2.02. The zero-order valence-corrected chi connectivity index (χ0v) is 6.25. The lowest BCUT2D eigenvalue weighted by Gasteiger charge is -1.83. The molecule has 0 atom stereocenters. The molecule has 1 heterocycles.